The van der Waals surface area contributed by atoms with Gasteiger partial charge in [-0.25, -0.2) is 0 Å². The first-order valence-corrected chi connectivity index (χ1v) is 5.78. The Morgan fingerprint density at radius 2 is 2.35 bits per heavy atom. The van der Waals surface area contributed by atoms with Gasteiger partial charge in [-0.15, -0.1) is 0 Å². The Balaban J connectivity index is 1.90. The summed E-state index contributed by atoms with van der Waals surface area (Å²) in [6.45, 7) is 2.87. The Hall–Kier alpha value is -1.17. The van der Waals surface area contributed by atoms with Crippen LogP contribution in [0.25, 0.3) is 0 Å². The quantitative estimate of drug-likeness (QED) is 0.811. The normalized spacial score (nSPS) is 26.5. The van der Waals surface area contributed by atoms with Crippen LogP contribution in [0.4, 0.5) is 0 Å². The molecular formula is C12H16N2O3. The number of aromatic nitrogens is 1. The zero-order chi connectivity index (χ0) is 11.7. The fourth-order valence-electron chi connectivity index (χ4n) is 2.41. The van der Waals surface area contributed by atoms with Crippen molar-refractivity contribution in [2.24, 2.45) is 0 Å². The van der Waals surface area contributed by atoms with Gasteiger partial charge in [0.1, 0.15) is 11.4 Å². The summed E-state index contributed by atoms with van der Waals surface area (Å²) in [6, 6.07) is 2.13. The molecule has 2 fully saturated rings. The SMILES string of the molecule is COc1cncc(C2NCCOC23COC3)c1. The first-order chi connectivity index (χ1) is 8.34. The maximum absolute atomic E-state index is 5.89. The number of methoxy groups -OCH3 is 1. The number of ether oxygens (including phenoxy) is 3. The topological polar surface area (TPSA) is 52.6 Å². The average Bonchev–Trinajstić information content (AvgIpc) is 2.37. The zero-order valence-electron chi connectivity index (χ0n) is 9.81. The molecule has 0 bridgehead atoms. The van der Waals surface area contributed by atoms with E-state index in [1.165, 1.54) is 0 Å². The molecule has 92 valence electrons. The second-order valence-corrected chi connectivity index (χ2v) is 4.45. The summed E-state index contributed by atoms with van der Waals surface area (Å²) >= 11 is 0. The van der Waals surface area contributed by atoms with Crippen molar-refractivity contribution >= 4 is 0 Å². The van der Waals surface area contributed by atoms with Crippen molar-refractivity contribution in [1.82, 2.24) is 10.3 Å². The molecule has 0 aliphatic carbocycles. The molecule has 0 radical (unpaired) electrons. The molecule has 3 rings (SSSR count). The van der Waals surface area contributed by atoms with Crippen molar-refractivity contribution in [3.05, 3.63) is 24.0 Å². The Morgan fingerprint density at radius 3 is 3.06 bits per heavy atom. The van der Waals surface area contributed by atoms with Crippen molar-refractivity contribution in [2.75, 3.05) is 33.5 Å². The van der Waals surface area contributed by atoms with Crippen LogP contribution in [-0.4, -0.2) is 44.1 Å². The molecule has 2 aliphatic rings. The minimum atomic E-state index is -0.216. The molecule has 0 amide bonds. The van der Waals surface area contributed by atoms with E-state index in [9.17, 15) is 0 Å². The highest BCUT2D eigenvalue weighted by Gasteiger charge is 2.49. The summed E-state index contributed by atoms with van der Waals surface area (Å²) in [6.07, 6.45) is 3.56. The van der Waals surface area contributed by atoms with E-state index in [2.05, 4.69) is 10.3 Å². The van der Waals surface area contributed by atoms with Crippen LogP contribution in [0.1, 0.15) is 11.6 Å². The van der Waals surface area contributed by atoms with Gasteiger partial charge in [0, 0.05) is 12.7 Å². The molecular weight excluding hydrogens is 220 g/mol. The van der Waals surface area contributed by atoms with Crippen molar-refractivity contribution < 1.29 is 14.2 Å². The van der Waals surface area contributed by atoms with Crippen LogP contribution in [0.5, 0.6) is 5.75 Å². The summed E-state index contributed by atoms with van der Waals surface area (Å²) < 4.78 is 16.4. The fourth-order valence-corrected chi connectivity index (χ4v) is 2.41. The minimum absolute atomic E-state index is 0.132. The molecule has 17 heavy (non-hydrogen) atoms. The second kappa shape index (κ2) is 4.25. The third-order valence-corrected chi connectivity index (χ3v) is 3.36. The maximum atomic E-state index is 5.89. The molecule has 1 aromatic heterocycles. The van der Waals surface area contributed by atoms with Gasteiger partial charge in [0.15, 0.2) is 0 Å². The van der Waals surface area contributed by atoms with Crippen molar-refractivity contribution in [2.45, 2.75) is 11.6 Å². The molecule has 2 aliphatic heterocycles. The highest BCUT2D eigenvalue weighted by atomic mass is 16.6. The van der Waals surface area contributed by atoms with E-state index in [-0.39, 0.29) is 11.6 Å². The van der Waals surface area contributed by atoms with E-state index in [0.717, 1.165) is 24.5 Å². The molecule has 1 unspecified atom stereocenters. The van der Waals surface area contributed by atoms with Crippen LogP contribution in [0, 0.1) is 0 Å². The van der Waals surface area contributed by atoms with Crippen LogP contribution < -0.4 is 10.1 Å². The number of hydrogen-bond donors (Lipinski definition) is 1. The van der Waals surface area contributed by atoms with Crippen molar-refractivity contribution in [3.63, 3.8) is 0 Å². The molecule has 1 spiro atoms. The van der Waals surface area contributed by atoms with E-state index < -0.39 is 0 Å². The van der Waals surface area contributed by atoms with Crippen molar-refractivity contribution in [3.8, 4) is 5.75 Å². The van der Waals surface area contributed by atoms with Gasteiger partial charge in [-0.3, -0.25) is 4.98 Å². The lowest BCUT2D eigenvalue weighted by molar-refractivity contribution is -0.239. The lowest BCUT2D eigenvalue weighted by Gasteiger charge is -2.49. The van der Waals surface area contributed by atoms with Gasteiger partial charge in [0.2, 0.25) is 0 Å². The molecule has 3 heterocycles. The monoisotopic (exact) mass is 236 g/mol. The number of hydrogen-bond acceptors (Lipinski definition) is 5. The molecule has 5 nitrogen and oxygen atoms in total. The first-order valence-electron chi connectivity index (χ1n) is 5.78. The van der Waals surface area contributed by atoms with E-state index in [0.29, 0.717) is 13.2 Å². The number of nitrogens with zero attached hydrogens (tertiary/aromatic N) is 1. The van der Waals surface area contributed by atoms with Gasteiger partial charge in [-0.1, -0.05) is 0 Å². The Morgan fingerprint density at radius 1 is 1.47 bits per heavy atom. The third kappa shape index (κ3) is 1.80. The molecule has 2 saturated heterocycles. The van der Waals surface area contributed by atoms with Crippen LogP contribution >= 0.6 is 0 Å². The second-order valence-electron chi connectivity index (χ2n) is 4.45. The lowest BCUT2D eigenvalue weighted by Crippen LogP contribution is -2.63. The van der Waals surface area contributed by atoms with E-state index in [1.807, 2.05) is 12.3 Å². The molecule has 1 aromatic rings. The van der Waals surface area contributed by atoms with E-state index >= 15 is 0 Å². The predicted molar refractivity (Wildman–Crippen MR) is 61.0 cm³/mol. The molecule has 5 heteroatoms. The van der Waals surface area contributed by atoms with Gasteiger partial charge in [0.05, 0.1) is 39.2 Å². The number of rotatable bonds is 2. The largest absolute Gasteiger partial charge is 0.495 e. The summed E-state index contributed by atoms with van der Waals surface area (Å²) in [5, 5.41) is 3.48. The minimum Gasteiger partial charge on any atom is -0.495 e. The van der Waals surface area contributed by atoms with Crippen LogP contribution in [0.3, 0.4) is 0 Å². The number of pyridine rings is 1. The first kappa shape index (κ1) is 11.0. The van der Waals surface area contributed by atoms with Gasteiger partial charge in [-0.05, 0) is 11.6 Å². The summed E-state index contributed by atoms with van der Waals surface area (Å²) in [4.78, 5) is 4.19. The van der Waals surface area contributed by atoms with Gasteiger partial charge in [-0.2, -0.15) is 0 Å². The van der Waals surface area contributed by atoms with Crippen LogP contribution in [0.2, 0.25) is 0 Å². The summed E-state index contributed by atoms with van der Waals surface area (Å²) in [5.74, 6) is 0.769. The summed E-state index contributed by atoms with van der Waals surface area (Å²) in [5.41, 5.74) is 0.874. The molecule has 1 N–H and O–H groups in total. The Kier molecular flexibility index (Phi) is 2.74. The maximum Gasteiger partial charge on any atom is 0.137 e. The molecule has 0 aromatic carbocycles. The smallest absolute Gasteiger partial charge is 0.137 e. The highest BCUT2D eigenvalue weighted by molar-refractivity contribution is 5.29. The van der Waals surface area contributed by atoms with E-state index in [1.54, 1.807) is 13.3 Å². The third-order valence-electron chi connectivity index (χ3n) is 3.36. The van der Waals surface area contributed by atoms with Crippen molar-refractivity contribution in [1.29, 1.82) is 0 Å². The predicted octanol–water partition coefficient (Wildman–Crippen LogP) is 0.520. The van der Waals surface area contributed by atoms with Crippen LogP contribution in [0.15, 0.2) is 18.5 Å². The number of nitrogens with one attached hydrogen (secondary N) is 1. The number of morpholine rings is 1. The van der Waals surface area contributed by atoms with Gasteiger partial charge >= 0.3 is 0 Å². The Labute approximate surface area is 100 Å². The summed E-state index contributed by atoms with van der Waals surface area (Å²) in [7, 11) is 1.65. The Bertz CT molecular complexity index is 406. The zero-order valence-corrected chi connectivity index (χ0v) is 9.81. The van der Waals surface area contributed by atoms with E-state index in [4.69, 9.17) is 14.2 Å². The highest BCUT2D eigenvalue weighted by Crippen LogP contribution is 2.38. The average molecular weight is 236 g/mol. The van der Waals surface area contributed by atoms with Gasteiger partial charge in [0.25, 0.3) is 0 Å². The van der Waals surface area contributed by atoms with Gasteiger partial charge < -0.3 is 19.5 Å². The fraction of sp³-hybridized carbons (Fsp3) is 0.583. The van der Waals surface area contributed by atoms with Crippen LogP contribution in [-0.2, 0) is 9.47 Å². The molecule has 0 saturated carbocycles. The standard InChI is InChI=1S/C12H16N2O3/c1-15-10-4-9(5-13-6-10)11-12(7-16-8-12)17-3-2-14-11/h4-6,11,14H,2-3,7-8H2,1H3. The molecule has 1 atom stereocenters. The lowest BCUT2D eigenvalue weighted by atomic mass is 9.86.